The zero-order chi connectivity index (χ0) is 17.7. The van der Waals surface area contributed by atoms with Crippen molar-refractivity contribution in [2.24, 2.45) is 5.14 Å². The van der Waals surface area contributed by atoms with Gasteiger partial charge in [0, 0.05) is 11.3 Å². The number of sulfonamides is 1. The van der Waals surface area contributed by atoms with Crippen molar-refractivity contribution in [3.63, 3.8) is 0 Å². The number of hydrogen-bond acceptors (Lipinski definition) is 5. The Balaban J connectivity index is 2.25. The standard InChI is InChI=1S/C16H15N3O4S/c1-23-14-7-4-12(10-15(14)24(18,21)22)16(20)19-13-5-2-11(3-6-13)8-9-17/h2-7,10H,8H2,1H3,(H,19,20)(H2,18,21,22). The second kappa shape index (κ2) is 7.12. The highest BCUT2D eigenvalue weighted by atomic mass is 32.2. The fourth-order valence-electron chi connectivity index (χ4n) is 2.04. The van der Waals surface area contributed by atoms with Crippen molar-refractivity contribution in [2.45, 2.75) is 11.3 Å². The van der Waals surface area contributed by atoms with Crippen LogP contribution in [-0.4, -0.2) is 21.4 Å². The highest BCUT2D eigenvalue weighted by Gasteiger charge is 2.18. The molecule has 8 heteroatoms. The van der Waals surface area contributed by atoms with Crippen LogP contribution in [0.1, 0.15) is 15.9 Å². The first-order valence-electron chi connectivity index (χ1n) is 6.83. The second-order valence-corrected chi connectivity index (χ2v) is 6.43. The molecule has 0 atom stereocenters. The van der Waals surface area contributed by atoms with E-state index in [2.05, 4.69) is 5.32 Å². The molecule has 0 saturated heterocycles. The van der Waals surface area contributed by atoms with Gasteiger partial charge in [0.25, 0.3) is 5.91 Å². The van der Waals surface area contributed by atoms with Crippen molar-refractivity contribution >= 4 is 21.6 Å². The zero-order valence-corrected chi connectivity index (χ0v) is 13.6. The number of hydrogen-bond donors (Lipinski definition) is 2. The van der Waals surface area contributed by atoms with Crippen LogP contribution in [0, 0.1) is 11.3 Å². The molecule has 24 heavy (non-hydrogen) atoms. The minimum Gasteiger partial charge on any atom is -0.495 e. The summed E-state index contributed by atoms with van der Waals surface area (Å²) in [7, 11) is -2.71. The Morgan fingerprint density at radius 3 is 2.46 bits per heavy atom. The van der Waals surface area contributed by atoms with Crippen LogP contribution in [0.5, 0.6) is 5.75 Å². The topological polar surface area (TPSA) is 122 Å². The van der Waals surface area contributed by atoms with E-state index in [1.165, 1.54) is 19.2 Å². The number of benzene rings is 2. The predicted molar refractivity (Wildman–Crippen MR) is 88.1 cm³/mol. The van der Waals surface area contributed by atoms with E-state index in [4.69, 9.17) is 15.1 Å². The van der Waals surface area contributed by atoms with Gasteiger partial charge in [-0.15, -0.1) is 0 Å². The van der Waals surface area contributed by atoms with Gasteiger partial charge in [0.2, 0.25) is 10.0 Å². The number of amides is 1. The van der Waals surface area contributed by atoms with E-state index in [0.29, 0.717) is 5.69 Å². The first-order valence-corrected chi connectivity index (χ1v) is 8.38. The molecule has 0 bridgehead atoms. The zero-order valence-electron chi connectivity index (χ0n) is 12.8. The molecule has 124 valence electrons. The molecule has 0 unspecified atom stereocenters. The molecule has 2 aromatic rings. The molecule has 1 amide bonds. The van der Waals surface area contributed by atoms with Gasteiger partial charge in [0.15, 0.2) is 0 Å². The molecule has 3 N–H and O–H groups in total. The van der Waals surface area contributed by atoms with Crippen LogP contribution in [-0.2, 0) is 16.4 Å². The normalized spacial score (nSPS) is 10.7. The van der Waals surface area contributed by atoms with Gasteiger partial charge in [-0.2, -0.15) is 5.26 Å². The lowest BCUT2D eigenvalue weighted by Gasteiger charge is -2.10. The lowest BCUT2D eigenvalue weighted by atomic mass is 10.1. The van der Waals surface area contributed by atoms with Crippen LogP contribution in [0.2, 0.25) is 0 Å². The Morgan fingerprint density at radius 1 is 1.25 bits per heavy atom. The molecule has 0 radical (unpaired) electrons. The number of nitrogens with zero attached hydrogens (tertiary/aromatic N) is 1. The Bertz CT molecular complexity index is 900. The molecule has 0 aliphatic rings. The number of carbonyl (C=O) groups is 1. The van der Waals surface area contributed by atoms with Gasteiger partial charge in [-0.3, -0.25) is 4.79 Å². The van der Waals surface area contributed by atoms with Crippen molar-refractivity contribution in [1.29, 1.82) is 5.26 Å². The number of carbonyl (C=O) groups excluding carboxylic acids is 1. The molecule has 2 aromatic carbocycles. The number of rotatable bonds is 5. The first kappa shape index (κ1) is 17.5. The molecule has 0 aromatic heterocycles. The third-order valence-electron chi connectivity index (χ3n) is 3.23. The van der Waals surface area contributed by atoms with Gasteiger partial charge in [-0.05, 0) is 35.9 Å². The summed E-state index contributed by atoms with van der Waals surface area (Å²) in [6.07, 6.45) is 0.282. The van der Waals surface area contributed by atoms with Gasteiger partial charge in [-0.25, -0.2) is 13.6 Å². The SMILES string of the molecule is COc1ccc(C(=O)Nc2ccc(CC#N)cc2)cc1S(N)(=O)=O. The lowest BCUT2D eigenvalue weighted by Crippen LogP contribution is -2.16. The van der Waals surface area contributed by atoms with Crippen molar-refractivity contribution in [3.8, 4) is 11.8 Å². The van der Waals surface area contributed by atoms with E-state index in [0.717, 1.165) is 11.6 Å². The number of nitrogens with one attached hydrogen (secondary N) is 1. The van der Waals surface area contributed by atoms with Gasteiger partial charge >= 0.3 is 0 Å². The van der Waals surface area contributed by atoms with Crippen molar-refractivity contribution in [1.82, 2.24) is 0 Å². The number of nitriles is 1. The summed E-state index contributed by atoms with van der Waals surface area (Å²) in [5, 5.41) is 16.4. The van der Waals surface area contributed by atoms with E-state index in [1.54, 1.807) is 24.3 Å². The average Bonchev–Trinajstić information content (AvgIpc) is 2.55. The number of methoxy groups -OCH3 is 1. The maximum Gasteiger partial charge on any atom is 0.255 e. The highest BCUT2D eigenvalue weighted by Crippen LogP contribution is 2.24. The Hall–Kier alpha value is -2.89. The Morgan fingerprint density at radius 2 is 1.92 bits per heavy atom. The number of ether oxygens (including phenoxy) is 1. The smallest absolute Gasteiger partial charge is 0.255 e. The van der Waals surface area contributed by atoms with Crippen molar-refractivity contribution in [2.75, 3.05) is 12.4 Å². The number of primary sulfonamides is 1. The molecule has 7 nitrogen and oxygen atoms in total. The molecule has 0 heterocycles. The predicted octanol–water partition coefficient (Wildman–Crippen LogP) is 1.66. The molecule has 0 spiro atoms. The van der Waals surface area contributed by atoms with Crippen LogP contribution in [0.15, 0.2) is 47.4 Å². The largest absolute Gasteiger partial charge is 0.495 e. The molecule has 0 fully saturated rings. The van der Waals surface area contributed by atoms with Gasteiger partial charge in [0.1, 0.15) is 10.6 Å². The number of anilines is 1. The fraction of sp³-hybridized carbons (Fsp3) is 0.125. The summed E-state index contributed by atoms with van der Waals surface area (Å²) in [4.78, 5) is 12.0. The maximum absolute atomic E-state index is 12.3. The minimum atomic E-state index is -4.02. The first-order chi connectivity index (χ1) is 11.3. The summed E-state index contributed by atoms with van der Waals surface area (Å²) in [5.74, 6) is -0.425. The second-order valence-electron chi connectivity index (χ2n) is 4.90. The summed E-state index contributed by atoms with van der Waals surface area (Å²) in [5.41, 5.74) is 1.48. The van der Waals surface area contributed by atoms with E-state index >= 15 is 0 Å². The summed E-state index contributed by atoms with van der Waals surface area (Å²) in [6, 6.07) is 12.8. The van der Waals surface area contributed by atoms with E-state index in [-0.39, 0.29) is 22.6 Å². The molecule has 0 aliphatic heterocycles. The maximum atomic E-state index is 12.3. The molecule has 2 rings (SSSR count). The van der Waals surface area contributed by atoms with Gasteiger partial charge in [0.05, 0.1) is 19.6 Å². The van der Waals surface area contributed by atoms with Crippen LogP contribution in [0.3, 0.4) is 0 Å². The van der Waals surface area contributed by atoms with Crippen molar-refractivity contribution in [3.05, 3.63) is 53.6 Å². The molecule has 0 aliphatic carbocycles. The highest BCUT2D eigenvalue weighted by molar-refractivity contribution is 7.89. The minimum absolute atomic E-state index is 0.0647. The van der Waals surface area contributed by atoms with E-state index in [9.17, 15) is 13.2 Å². The van der Waals surface area contributed by atoms with Crippen LogP contribution >= 0.6 is 0 Å². The third kappa shape index (κ3) is 4.10. The van der Waals surface area contributed by atoms with Crippen LogP contribution < -0.4 is 15.2 Å². The molecular weight excluding hydrogens is 330 g/mol. The average molecular weight is 345 g/mol. The number of nitrogens with two attached hydrogens (primary N) is 1. The van der Waals surface area contributed by atoms with Crippen molar-refractivity contribution < 1.29 is 17.9 Å². The fourth-order valence-corrected chi connectivity index (χ4v) is 2.76. The summed E-state index contributed by atoms with van der Waals surface area (Å²) < 4.78 is 28.1. The summed E-state index contributed by atoms with van der Waals surface area (Å²) >= 11 is 0. The molecular formula is C16H15N3O4S. The Kier molecular flexibility index (Phi) is 5.18. The summed E-state index contributed by atoms with van der Waals surface area (Å²) in [6.45, 7) is 0. The molecule has 0 saturated carbocycles. The van der Waals surface area contributed by atoms with E-state index < -0.39 is 15.9 Å². The Labute approximate surface area is 139 Å². The van der Waals surface area contributed by atoms with Crippen LogP contribution in [0.4, 0.5) is 5.69 Å². The van der Waals surface area contributed by atoms with E-state index in [1.807, 2.05) is 6.07 Å². The lowest BCUT2D eigenvalue weighted by molar-refractivity contribution is 0.102. The van der Waals surface area contributed by atoms with Gasteiger partial charge in [-0.1, -0.05) is 12.1 Å². The van der Waals surface area contributed by atoms with Gasteiger partial charge < -0.3 is 10.1 Å². The monoisotopic (exact) mass is 345 g/mol. The van der Waals surface area contributed by atoms with Crippen LogP contribution in [0.25, 0.3) is 0 Å². The third-order valence-corrected chi connectivity index (χ3v) is 4.16. The quantitative estimate of drug-likeness (QED) is 0.853.